The van der Waals surface area contributed by atoms with Crippen LogP contribution in [-0.4, -0.2) is 58.4 Å². The molecule has 3 heterocycles. The second-order valence-electron chi connectivity index (χ2n) is 8.50. The summed E-state index contributed by atoms with van der Waals surface area (Å²) < 4.78 is 6.54. The van der Waals surface area contributed by atoms with Crippen LogP contribution in [0.1, 0.15) is 61.5 Å². The van der Waals surface area contributed by atoms with Gasteiger partial charge >= 0.3 is 0 Å². The molecule has 0 saturated carbocycles. The summed E-state index contributed by atoms with van der Waals surface area (Å²) in [5.74, 6) is 1.19. The Kier molecular flexibility index (Phi) is 6.25. The van der Waals surface area contributed by atoms with Crippen molar-refractivity contribution >= 4 is 11.8 Å². The molecule has 0 bridgehead atoms. The van der Waals surface area contributed by atoms with Crippen molar-refractivity contribution in [1.29, 1.82) is 0 Å². The topological polar surface area (TPSA) is 62.7 Å². The second-order valence-corrected chi connectivity index (χ2v) is 8.50. The van der Waals surface area contributed by atoms with Crippen LogP contribution < -0.4 is 4.74 Å². The molecule has 2 aliphatic rings. The molecule has 6 nitrogen and oxygen atoms in total. The fraction of sp³-hybridized carbons (Fsp3) is 0.480. The van der Waals surface area contributed by atoms with E-state index in [-0.39, 0.29) is 23.3 Å². The maximum Gasteiger partial charge on any atom is 0.272 e. The van der Waals surface area contributed by atoms with E-state index < -0.39 is 0 Å². The lowest BCUT2D eigenvalue weighted by Crippen LogP contribution is -2.52. The number of hydrogen-bond acceptors (Lipinski definition) is 4. The lowest BCUT2D eigenvalue weighted by molar-refractivity contribution is -0.131. The van der Waals surface area contributed by atoms with Crippen molar-refractivity contribution in [2.24, 2.45) is 0 Å². The van der Waals surface area contributed by atoms with Crippen LogP contribution >= 0.6 is 0 Å². The SMILES string of the molecule is CCN(CC)C(=O)C[C@@H]1CC2(CCN(C(=O)c3ccccn3)CC2)Oc2ccccc21. The third-order valence-corrected chi connectivity index (χ3v) is 6.69. The first-order valence-corrected chi connectivity index (χ1v) is 11.3. The van der Waals surface area contributed by atoms with Crippen molar-refractivity contribution in [1.82, 2.24) is 14.8 Å². The third kappa shape index (κ3) is 4.43. The van der Waals surface area contributed by atoms with Crippen LogP contribution in [0.25, 0.3) is 0 Å². The number of amides is 2. The molecule has 4 rings (SSSR count). The highest BCUT2D eigenvalue weighted by molar-refractivity contribution is 5.92. The highest BCUT2D eigenvalue weighted by Crippen LogP contribution is 2.46. The van der Waals surface area contributed by atoms with Crippen LogP contribution in [0.4, 0.5) is 0 Å². The number of carbonyl (C=O) groups is 2. The molecule has 2 amide bonds. The van der Waals surface area contributed by atoms with Crippen molar-refractivity contribution in [2.75, 3.05) is 26.2 Å². The number of likely N-dealkylation sites (tertiary alicyclic amines) is 1. The smallest absolute Gasteiger partial charge is 0.272 e. The van der Waals surface area contributed by atoms with Gasteiger partial charge in [-0.05, 0) is 44.0 Å². The summed E-state index contributed by atoms with van der Waals surface area (Å²) in [7, 11) is 0. The summed E-state index contributed by atoms with van der Waals surface area (Å²) in [6.45, 7) is 6.78. The monoisotopic (exact) mass is 421 g/mol. The van der Waals surface area contributed by atoms with Crippen LogP contribution in [0, 0.1) is 0 Å². The van der Waals surface area contributed by atoms with Gasteiger partial charge in [0, 0.05) is 57.6 Å². The zero-order chi connectivity index (χ0) is 21.8. The normalized spacial score (nSPS) is 19.4. The maximum absolute atomic E-state index is 12.9. The van der Waals surface area contributed by atoms with Gasteiger partial charge in [0.15, 0.2) is 0 Å². The zero-order valence-electron chi connectivity index (χ0n) is 18.4. The summed E-state index contributed by atoms with van der Waals surface area (Å²) in [5, 5.41) is 0. The predicted octanol–water partition coefficient (Wildman–Crippen LogP) is 3.88. The highest BCUT2D eigenvalue weighted by atomic mass is 16.5. The van der Waals surface area contributed by atoms with Gasteiger partial charge in [-0.25, -0.2) is 0 Å². The van der Waals surface area contributed by atoms with Gasteiger partial charge in [-0.1, -0.05) is 24.3 Å². The number of ether oxygens (including phenoxy) is 1. The van der Waals surface area contributed by atoms with Crippen LogP contribution in [0.2, 0.25) is 0 Å². The molecule has 0 unspecified atom stereocenters. The van der Waals surface area contributed by atoms with Gasteiger partial charge in [0.1, 0.15) is 17.0 Å². The van der Waals surface area contributed by atoms with Crippen LogP contribution in [-0.2, 0) is 4.79 Å². The molecular formula is C25H31N3O3. The van der Waals surface area contributed by atoms with E-state index in [1.54, 1.807) is 12.3 Å². The molecule has 1 atom stereocenters. The van der Waals surface area contributed by atoms with Gasteiger partial charge in [0.05, 0.1) is 0 Å². The van der Waals surface area contributed by atoms with E-state index in [0.717, 1.165) is 43.7 Å². The van der Waals surface area contributed by atoms with Gasteiger partial charge in [-0.2, -0.15) is 0 Å². The lowest BCUT2D eigenvalue weighted by Gasteiger charge is -2.47. The Morgan fingerprint density at radius 2 is 1.81 bits per heavy atom. The molecule has 1 spiro atoms. The van der Waals surface area contributed by atoms with Crippen molar-refractivity contribution in [3.8, 4) is 5.75 Å². The standard InChI is InChI=1S/C25H31N3O3/c1-3-27(4-2)23(29)17-19-18-25(31-22-11-6-5-9-20(19)22)12-15-28(16-13-25)24(30)21-10-7-8-14-26-21/h5-11,14,19H,3-4,12-13,15-18H2,1-2H3/t19-/m1/s1. The molecule has 31 heavy (non-hydrogen) atoms. The maximum atomic E-state index is 12.9. The van der Waals surface area contributed by atoms with E-state index in [2.05, 4.69) is 11.1 Å². The van der Waals surface area contributed by atoms with E-state index in [9.17, 15) is 9.59 Å². The largest absolute Gasteiger partial charge is 0.487 e. The zero-order valence-corrected chi connectivity index (χ0v) is 18.4. The Morgan fingerprint density at radius 3 is 2.48 bits per heavy atom. The Bertz CT molecular complexity index is 919. The Hall–Kier alpha value is -2.89. The lowest BCUT2D eigenvalue weighted by atomic mass is 9.76. The average Bonchev–Trinajstić information content (AvgIpc) is 2.80. The van der Waals surface area contributed by atoms with Crippen molar-refractivity contribution in [3.63, 3.8) is 0 Å². The molecular weight excluding hydrogens is 390 g/mol. The molecule has 2 aliphatic heterocycles. The summed E-state index contributed by atoms with van der Waals surface area (Å²) in [6, 6.07) is 13.5. The summed E-state index contributed by atoms with van der Waals surface area (Å²) in [5.41, 5.74) is 1.28. The van der Waals surface area contributed by atoms with Crippen LogP contribution in [0.15, 0.2) is 48.7 Å². The molecule has 6 heteroatoms. The molecule has 2 aromatic rings. The molecule has 1 fully saturated rings. The van der Waals surface area contributed by atoms with Gasteiger partial charge < -0.3 is 14.5 Å². The minimum absolute atomic E-state index is 0.0279. The van der Waals surface area contributed by atoms with Gasteiger partial charge in [-0.15, -0.1) is 0 Å². The highest BCUT2D eigenvalue weighted by Gasteiger charge is 2.44. The quantitative estimate of drug-likeness (QED) is 0.735. The number of rotatable bonds is 5. The summed E-state index contributed by atoms with van der Waals surface area (Å²) in [4.78, 5) is 33.6. The first-order chi connectivity index (χ1) is 15.0. The van der Waals surface area contributed by atoms with Crippen molar-refractivity contribution < 1.29 is 14.3 Å². The number of para-hydroxylation sites is 1. The Morgan fingerprint density at radius 1 is 1.10 bits per heavy atom. The molecule has 164 valence electrons. The number of pyridine rings is 1. The number of carbonyl (C=O) groups excluding carboxylic acids is 2. The predicted molar refractivity (Wildman–Crippen MR) is 119 cm³/mol. The summed E-state index contributed by atoms with van der Waals surface area (Å²) in [6.07, 6.45) is 4.48. The van der Waals surface area contributed by atoms with Crippen LogP contribution in [0.5, 0.6) is 5.75 Å². The van der Waals surface area contributed by atoms with Gasteiger partial charge in [0.25, 0.3) is 5.91 Å². The van der Waals surface area contributed by atoms with Crippen molar-refractivity contribution in [2.45, 2.75) is 51.0 Å². The van der Waals surface area contributed by atoms with Gasteiger partial charge in [-0.3, -0.25) is 14.6 Å². The number of benzene rings is 1. The van der Waals surface area contributed by atoms with E-state index in [0.29, 0.717) is 25.2 Å². The van der Waals surface area contributed by atoms with Crippen LogP contribution in [0.3, 0.4) is 0 Å². The molecule has 1 aromatic heterocycles. The average molecular weight is 422 g/mol. The molecule has 0 radical (unpaired) electrons. The number of fused-ring (bicyclic) bond motifs is 1. The Balaban J connectivity index is 1.50. The minimum Gasteiger partial charge on any atom is -0.487 e. The fourth-order valence-electron chi connectivity index (χ4n) is 4.92. The first kappa shape index (κ1) is 21.3. The Labute approximate surface area is 184 Å². The molecule has 1 aromatic carbocycles. The number of hydrogen-bond donors (Lipinski definition) is 0. The third-order valence-electron chi connectivity index (χ3n) is 6.69. The minimum atomic E-state index is -0.330. The fourth-order valence-corrected chi connectivity index (χ4v) is 4.92. The molecule has 0 N–H and O–H groups in total. The van der Waals surface area contributed by atoms with E-state index >= 15 is 0 Å². The van der Waals surface area contributed by atoms with E-state index in [1.807, 2.05) is 54.0 Å². The van der Waals surface area contributed by atoms with E-state index in [4.69, 9.17) is 4.74 Å². The number of nitrogens with zero attached hydrogens (tertiary/aromatic N) is 3. The first-order valence-electron chi connectivity index (χ1n) is 11.3. The number of piperidine rings is 1. The van der Waals surface area contributed by atoms with E-state index in [1.165, 1.54) is 0 Å². The van der Waals surface area contributed by atoms with Crippen molar-refractivity contribution in [3.05, 3.63) is 59.9 Å². The second kappa shape index (κ2) is 9.08. The van der Waals surface area contributed by atoms with Gasteiger partial charge in [0.2, 0.25) is 5.91 Å². The summed E-state index contributed by atoms with van der Waals surface area (Å²) >= 11 is 0. The molecule has 0 aliphatic carbocycles. The number of aromatic nitrogens is 1. The molecule has 1 saturated heterocycles.